The highest BCUT2D eigenvalue weighted by atomic mass is 28.4. The molecule has 54 valence electrons. The smallest absolute Gasteiger partial charge is 0.189 e. The number of rotatable bonds is 1. The highest BCUT2D eigenvalue weighted by Gasteiger charge is 2.29. The van der Waals surface area contributed by atoms with E-state index in [0.29, 0.717) is 0 Å². The summed E-state index contributed by atoms with van der Waals surface area (Å²) in [6, 6.07) is 2.78. The topological polar surface area (TPSA) is 9.23 Å². The molecule has 0 radical (unpaired) electrons. The molecule has 0 aliphatic carbocycles. The number of hydrogen-bond acceptors (Lipinski definition) is 1. The summed E-state index contributed by atoms with van der Waals surface area (Å²) in [4.78, 5) is 0. The summed E-state index contributed by atoms with van der Waals surface area (Å²) in [5.74, 6) is 0. The van der Waals surface area contributed by atoms with Crippen molar-refractivity contribution in [3.63, 3.8) is 0 Å². The first kappa shape index (κ1) is 7.29. The predicted molar refractivity (Wildman–Crippen MR) is 42.1 cm³/mol. The third kappa shape index (κ3) is 1.80. The maximum absolute atomic E-state index is 5.52. The molecule has 0 aromatic carbocycles. The van der Waals surface area contributed by atoms with Crippen LogP contribution in [0, 0.1) is 0 Å². The normalized spacial score (nSPS) is 26.0. The SMILES string of the molecule is CO[Si]1(C)CCCCC1. The molecule has 0 amide bonds. The monoisotopic (exact) mass is 144 g/mol. The fraction of sp³-hybridized carbons (Fsp3) is 1.00. The summed E-state index contributed by atoms with van der Waals surface area (Å²) >= 11 is 0. The summed E-state index contributed by atoms with van der Waals surface area (Å²) in [5.41, 5.74) is 0. The molecule has 0 bridgehead atoms. The molecular weight excluding hydrogens is 128 g/mol. The molecule has 1 nitrogen and oxygen atoms in total. The van der Waals surface area contributed by atoms with Gasteiger partial charge in [0.15, 0.2) is 8.32 Å². The summed E-state index contributed by atoms with van der Waals surface area (Å²) in [7, 11) is 0.776. The van der Waals surface area contributed by atoms with Crippen LogP contribution in [-0.2, 0) is 4.43 Å². The van der Waals surface area contributed by atoms with Gasteiger partial charge in [-0.05, 0) is 18.6 Å². The van der Waals surface area contributed by atoms with Gasteiger partial charge in [-0.1, -0.05) is 19.3 Å². The van der Waals surface area contributed by atoms with Crippen molar-refractivity contribution in [2.24, 2.45) is 0 Å². The molecule has 1 saturated heterocycles. The van der Waals surface area contributed by atoms with Crippen molar-refractivity contribution in [1.29, 1.82) is 0 Å². The minimum Gasteiger partial charge on any atom is -0.420 e. The minimum absolute atomic E-state index is 1.11. The van der Waals surface area contributed by atoms with Crippen molar-refractivity contribution in [1.82, 2.24) is 0 Å². The van der Waals surface area contributed by atoms with Gasteiger partial charge in [-0.25, -0.2) is 0 Å². The van der Waals surface area contributed by atoms with Gasteiger partial charge in [0, 0.05) is 7.11 Å². The zero-order valence-corrected chi connectivity index (χ0v) is 7.44. The first-order chi connectivity index (χ1) is 4.27. The van der Waals surface area contributed by atoms with Crippen LogP contribution in [0.1, 0.15) is 19.3 Å². The van der Waals surface area contributed by atoms with Crippen LogP contribution in [0.3, 0.4) is 0 Å². The van der Waals surface area contributed by atoms with Crippen LogP contribution in [0.5, 0.6) is 0 Å². The van der Waals surface area contributed by atoms with Gasteiger partial charge in [-0.15, -0.1) is 0 Å². The zero-order chi connectivity index (χ0) is 6.74. The largest absolute Gasteiger partial charge is 0.420 e. The van der Waals surface area contributed by atoms with Crippen molar-refractivity contribution in [3.05, 3.63) is 0 Å². The fourth-order valence-corrected chi connectivity index (χ4v) is 4.16. The van der Waals surface area contributed by atoms with Gasteiger partial charge in [-0.3, -0.25) is 0 Å². The van der Waals surface area contributed by atoms with E-state index in [1.54, 1.807) is 0 Å². The average molecular weight is 144 g/mol. The summed E-state index contributed by atoms with van der Waals surface area (Å²) in [6.45, 7) is 2.35. The van der Waals surface area contributed by atoms with Crippen molar-refractivity contribution in [3.8, 4) is 0 Å². The Hall–Kier alpha value is 0.177. The fourth-order valence-electron chi connectivity index (χ4n) is 1.50. The minimum atomic E-state index is -1.11. The van der Waals surface area contributed by atoms with Gasteiger partial charge in [0.2, 0.25) is 0 Å². The third-order valence-electron chi connectivity index (χ3n) is 2.40. The second-order valence-electron chi connectivity index (χ2n) is 3.21. The van der Waals surface area contributed by atoms with Crippen LogP contribution in [0.2, 0.25) is 18.6 Å². The zero-order valence-electron chi connectivity index (χ0n) is 6.44. The second-order valence-corrected chi connectivity index (χ2v) is 7.52. The molecule has 1 heterocycles. The Bertz CT molecular complexity index is 86.9. The van der Waals surface area contributed by atoms with E-state index in [1.807, 2.05) is 7.11 Å². The Morgan fingerprint density at radius 3 is 2.00 bits per heavy atom. The van der Waals surface area contributed by atoms with Crippen LogP contribution < -0.4 is 0 Å². The second kappa shape index (κ2) is 2.84. The Kier molecular flexibility index (Phi) is 2.30. The van der Waals surface area contributed by atoms with Crippen molar-refractivity contribution < 1.29 is 4.43 Å². The first-order valence-corrected chi connectivity index (χ1v) is 6.64. The van der Waals surface area contributed by atoms with E-state index >= 15 is 0 Å². The van der Waals surface area contributed by atoms with E-state index in [1.165, 1.54) is 31.4 Å². The lowest BCUT2D eigenvalue weighted by Crippen LogP contribution is -2.34. The van der Waals surface area contributed by atoms with E-state index < -0.39 is 8.32 Å². The Morgan fingerprint density at radius 1 is 1.11 bits per heavy atom. The third-order valence-corrected chi connectivity index (χ3v) is 6.21. The Labute approximate surface area is 58.5 Å². The molecule has 0 aromatic rings. The van der Waals surface area contributed by atoms with Crippen molar-refractivity contribution in [2.75, 3.05) is 7.11 Å². The summed E-state index contributed by atoms with van der Waals surface area (Å²) < 4.78 is 5.52. The number of hydrogen-bond donors (Lipinski definition) is 0. The Balaban J connectivity index is 2.37. The highest BCUT2D eigenvalue weighted by molar-refractivity contribution is 6.72. The van der Waals surface area contributed by atoms with E-state index in [-0.39, 0.29) is 0 Å². The van der Waals surface area contributed by atoms with Gasteiger partial charge in [0.25, 0.3) is 0 Å². The molecule has 1 fully saturated rings. The van der Waals surface area contributed by atoms with Crippen LogP contribution in [-0.4, -0.2) is 15.4 Å². The first-order valence-electron chi connectivity index (χ1n) is 3.82. The predicted octanol–water partition coefficient (Wildman–Crippen LogP) is 2.39. The molecule has 1 rings (SSSR count). The van der Waals surface area contributed by atoms with E-state index in [9.17, 15) is 0 Å². The van der Waals surface area contributed by atoms with Crippen LogP contribution >= 0.6 is 0 Å². The van der Waals surface area contributed by atoms with Crippen LogP contribution in [0.25, 0.3) is 0 Å². The molecule has 1 aliphatic rings. The van der Waals surface area contributed by atoms with Crippen molar-refractivity contribution >= 4 is 8.32 Å². The van der Waals surface area contributed by atoms with Gasteiger partial charge >= 0.3 is 0 Å². The van der Waals surface area contributed by atoms with E-state index in [2.05, 4.69) is 6.55 Å². The van der Waals surface area contributed by atoms with Crippen LogP contribution in [0.15, 0.2) is 0 Å². The standard InChI is InChI=1S/C7H16OSi/c1-8-9(2)6-4-3-5-7-9/h3-7H2,1-2H3. The maximum atomic E-state index is 5.52. The molecule has 0 spiro atoms. The van der Waals surface area contributed by atoms with Crippen molar-refractivity contribution in [2.45, 2.75) is 37.9 Å². The van der Waals surface area contributed by atoms with Gasteiger partial charge in [-0.2, -0.15) is 0 Å². The lowest BCUT2D eigenvalue weighted by atomic mass is 10.3. The average Bonchev–Trinajstić information content (AvgIpc) is 1.90. The van der Waals surface area contributed by atoms with Gasteiger partial charge in [0.1, 0.15) is 0 Å². The summed E-state index contributed by atoms with van der Waals surface area (Å²) in [6.07, 6.45) is 4.26. The van der Waals surface area contributed by atoms with E-state index in [0.717, 1.165) is 0 Å². The lowest BCUT2D eigenvalue weighted by Gasteiger charge is -2.28. The Morgan fingerprint density at radius 2 is 1.67 bits per heavy atom. The molecule has 0 atom stereocenters. The molecule has 0 saturated carbocycles. The van der Waals surface area contributed by atoms with Gasteiger partial charge in [0.05, 0.1) is 0 Å². The quantitative estimate of drug-likeness (QED) is 0.513. The maximum Gasteiger partial charge on any atom is 0.189 e. The summed E-state index contributed by atoms with van der Waals surface area (Å²) in [5, 5.41) is 0. The molecule has 2 heteroatoms. The molecular formula is C7H16OSi. The molecule has 1 aliphatic heterocycles. The van der Waals surface area contributed by atoms with Gasteiger partial charge < -0.3 is 4.43 Å². The molecule has 9 heavy (non-hydrogen) atoms. The molecule has 0 aromatic heterocycles. The van der Waals surface area contributed by atoms with Crippen LogP contribution in [0.4, 0.5) is 0 Å². The van der Waals surface area contributed by atoms with E-state index in [4.69, 9.17) is 4.43 Å². The lowest BCUT2D eigenvalue weighted by molar-refractivity contribution is 0.383. The molecule has 0 unspecified atom stereocenters. The highest BCUT2D eigenvalue weighted by Crippen LogP contribution is 2.28. The molecule has 0 N–H and O–H groups in total.